The molecule has 128 valence electrons. The maximum atomic E-state index is 12.5. The molecule has 7 heteroatoms. The molecule has 2 aromatic carbocycles. The number of thiophene rings is 1. The van der Waals surface area contributed by atoms with Crippen molar-refractivity contribution in [3.05, 3.63) is 75.7 Å². The Kier molecular flexibility index (Phi) is 4.28. The van der Waals surface area contributed by atoms with Gasteiger partial charge in [-0.2, -0.15) is 0 Å². The highest BCUT2D eigenvalue weighted by molar-refractivity contribution is 7.12. The largest absolute Gasteiger partial charge is 0.508 e. The van der Waals surface area contributed by atoms with Crippen molar-refractivity contribution < 1.29 is 9.90 Å². The number of rotatable bonds is 4. The van der Waals surface area contributed by atoms with Gasteiger partial charge in [-0.05, 0) is 47.8 Å². The van der Waals surface area contributed by atoms with E-state index < -0.39 is 0 Å². The van der Waals surface area contributed by atoms with E-state index in [0.29, 0.717) is 37.9 Å². The number of nitrogens with zero attached hydrogens (tertiary/aromatic N) is 2. The first-order valence-electron chi connectivity index (χ1n) is 7.70. The molecule has 0 amide bonds. The van der Waals surface area contributed by atoms with Gasteiger partial charge in [-0.15, -0.1) is 11.3 Å². The number of phenols is 1. The molecule has 2 heterocycles. The summed E-state index contributed by atoms with van der Waals surface area (Å²) in [6.45, 7) is 0. The number of aromatic hydroxyl groups is 1. The van der Waals surface area contributed by atoms with Crippen LogP contribution >= 0.6 is 22.9 Å². The molecule has 0 saturated carbocycles. The average Bonchev–Trinajstić information content (AvgIpc) is 3.16. The summed E-state index contributed by atoms with van der Waals surface area (Å²) in [4.78, 5) is 21.5. The topological polar surface area (TPSA) is 75.1 Å². The van der Waals surface area contributed by atoms with E-state index in [4.69, 9.17) is 11.6 Å². The summed E-state index contributed by atoms with van der Waals surface area (Å²) in [5.74, 6) is 0.568. The molecule has 2 N–H and O–H groups in total. The van der Waals surface area contributed by atoms with Gasteiger partial charge >= 0.3 is 0 Å². The number of fused-ring (bicyclic) bond motifs is 1. The molecule has 0 saturated heterocycles. The molecule has 0 spiro atoms. The fraction of sp³-hybridized carbons (Fsp3) is 0. The second-order valence-corrected chi connectivity index (χ2v) is 6.90. The summed E-state index contributed by atoms with van der Waals surface area (Å²) in [6, 6.07) is 13.6. The highest BCUT2D eigenvalue weighted by Gasteiger charge is 2.14. The summed E-state index contributed by atoms with van der Waals surface area (Å²) in [6.07, 6.45) is 1.44. The van der Waals surface area contributed by atoms with Gasteiger partial charge < -0.3 is 10.4 Å². The number of ketones is 1. The lowest BCUT2D eigenvalue weighted by molar-refractivity contribution is 0.104. The number of nitrogens with one attached hydrogen (secondary N) is 1. The molecule has 0 radical (unpaired) electrons. The van der Waals surface area contributed by atoms with E-state index in [1.807, 2.05) is 11.4 Å². The summed E-state index contributed by atoms with van der Waals surface area (Å²) < 4.78 is 0. The minimum absolute atomic E-state index is 0.103. The molecule has 4 rings (SSSR count). The van der Waals surface area contributed by atoms with Crippen LogP contribution in [0, 0.1) is 0 Å². The van der Waals surface area contributed by atoms with Crippen molar-refractivity contribution in [1.82, 2.24) is 9.97 Å². The van der Waals surface area contributed by atoms with Crippen LogP contribution in [0.5, 0.6) is 5.75 Å². The Morgan fingerprint density at radius 3 is 2.77 bits per heavy atom. The van der Waals surface area contributed by atoms with Gasteiger partial charge in [0, 0.05) is 16.6 Å². The van der Waals surface area contributed by atoms with Crippen molar-refractivity contribution in [2.24, 2.45) is 0 Å². The van der Waals surface area contributed by atoms with Crippen molar-refractivity contribution in [2.45, 2.75) is 0 Å². The Morgan fingerprint density at radius 2 is 2.00 bits per heavy atom. The van der Waals surface area contributed by atoms with Crippen LogP contribution in [0.4, 0.5) is 11.5 Å². The summed E-state index contributed by atoms with van der Waals surface area (Å²) in [5, 5.41) is 15.8. The zero-order valence-corrected chi connectivity index (χ0v) is 14.9. The van der Waals surface area contributed by atoms with E-state index in [1.165, 1.54) is 17.7 Å². The van der Waals surface area contributed by atoms with Crippen molar-refractivity contribution >= 4 is 51.1 Å². The lowest BCUT2D eigenvalue weighted by Crippen LogP contribution is -2.01. The summed E-state index contributed by atoms with van der Waals surface area (Å²) in [7, 11) is 0. The minimum atomic E-state index is -0.103. The zero-order valence-electron chi connectivity index (χ0n) is 13.3. The normalized spacial score (nSPS) is 10.8. The van der Waals surface area contributed by atoms with Crippen LogP contribution in [0.2, 0.25) is 5.02 Å². The first kappa shape index (κ1) is 16.5. The van der Waals surface area contributed by atoms with Crippen LogP contribution < -0.4 is 5.32 Å². The first-order valence-corrected chi connectivity index (χ1v) is 8.96. The Balaban J connectivity index is 1.67. The number of carbonyl (C=O) groups excluding carboxylic acids is 1. The number of halogens is 1. The summed E-state index contributed by atoms with van der Waals surface area (Å²) >= 11 is 7.70. The van der Waals surface area contributed by atoms with Crippen molar-refractivity contribution in [3.8, 4) is 5.75 Å². The van der Waals surface area contributed by atoms with Gasteiger partial charge in [0.25, 0.3) is 0 Å². The molecule has 0 aliphatic rings. The van der Waals surface area contributed by atoms with Crippen molar-refractivity contribution in [2.75, 3.05) is 5.32 Å². The van der Waals surface area contributed by atoms with Crippen LogP contribution in [0.3, 0.4) is 0 Å². The maximum absolute atomic E-state index is 12.5. The molecular formula is C19H12ClN3O2S. The van der Waals surface area contributed by atoms with E-state index in [0.717, 1.165) is 0 Å². The van der Waals surface area contributed by atoms with Gasteiger partial charge in [-0.25, -0.2) is 9.97 Å². The van der Waals surface area contributed by atoms with Gasteiger partial charge in [0.2, 0.25) is 5.78 Å². The number of hydrogen-bond donors (Lipinski definition) is 2. The fourth-order valence-corrected chi connectivity index (χ4v) is 3.54. The number of anilines is 2. The number of benzene rings is 2. The molecule has 0 aliphatic heterocycles. The highest BCUT2D eigenvalue weighted by Crippen LogP contribution is 2.29. The Morgan fingerprint density at radius 1 is 1.12 bits per heavy atom. The molecule has 2 aromatic heterocycles. The van der Waals surface area contributed by atoms with Gasteiger partial charge in [-0.1, -0.05) is 17.7 Å². The molecule has 0 bridgehead atoms. The third kappa shape index (κ3) is 3.12. The predicted molar refractivity (Wildman–Crippen MR) is 104 cm³/mol. The Bertz CT molecular complexity index is 1110. The second-order valence-electron chi connectivity index (χ2n) is 5.55. The maximum Gasteiger partial charge on any atom is 0.204 e. The van der Waals surface area contributed by atoms with E-state index >= 15 is 0 Å². The average molecular weight is 382 g/mol. The molecule has 26 heavy (non-hydrogen) atoms. The quantitative estimate of drug-likeness (QED) is 0.485. The van der Waals surface area contributed by atoms with E-state index in [1.54, 1.807) is 42.5 Å². The van der Waals surface area contributed by atoms with E-state index in [2.05, 4.69) is 15.3 Å². The lowest BCUT2D eigenvalue weighted by atomic mass is 10.1. The molecule has 5 nitrogen and oxygen atoms in total. The van der Waals surface area contributed by atoms with Gasteiger partial charge in [0.05, 0.1) is 15.4 Å². The lowest BCUT2D eigenvalue weighted by Gasteiger charge is -2.10. The molecule has 0 fully saturated rings. The van der Waals surface area contributed by atoms with Crippen molar-refractivity contribution in [3.63, 3.8) is 0 Å². The minimum Gasteiger partial charge on any atom is -0.508 e. The monoisotopic (exact) mass is 381 g/mol. The molecule has 0 aliphatic carbocycles. The van der Waals surface area contributed by atoms with E-state index in [-0.39, 0.29) is 11.5 Å². The van der Waals surface area contributed by atoms with Gasteiger partial charge in [0.1, 0.15) is 17.9 Å². The smallest absolute Gasteiger partial charge is 0.204 e. The Hall–Kier alpha value is -2.96. The van der Waals surface area contributed by atoms with Crippen LogP contribution in [0.25, 0.3) is 10.9 Å². The van der Waals surface area contributed by atoms with Crippen LogP contribution in [0.1, 0.15) is 15.2 Å². The highest BCUT2D eigenvalue weighted by atomic mass is 35.5. The second kappa shape index (κ2) is 6.74. The SMILES string of the molecule is O=C(c1cccs1)c1ccc(Nc2ncnc3ccc(O)cc23)cc1Cl. The molecular weight excluding hydrogens is 370 g/mol. The Labute approximate surface area is 157 Å². The fourth-order valence-electron chi connectivity index (χ4n) is 2.60. The van der Waals surface area contributed by atoms with Crippen LogP contribution in [-0.4, -0.2) is 20.9 Å². The number of phenolic OH excluding ortho intramolecular Hbond substituents is 1. The van der Waals surface area contributed by atoms with Crippen LogP contribution in [-0.2, 0) is 0 Å². The first-order chi connectivity index (χ1) is 12.6. The van der Waals surface area contributed by atoms with Gasteiger partial charge in [-0.3, -0.25) is 4.79 Å². The third-order valence-corrected chi connectivity index (χ3v) is 5.02. The predicted octanol–water partition coefficient (Wildman–Crippen LogP) is 5.02. The number of hydrogen-bond acceptors (Lipinski definition) is 6. The zero-order chi connectivity index (χ0) is 18.1. The number of carbonyl (C=O) groups is 1. The third-order valence-electron chi connectivity index (χ3n) is 3.84. The van der Waals surface area contributed by atoms with Crippen molar-refractivity contribution in [1.29, 1.82) is 0 Å². The number of aromatic nitrogens is 2. The standard InChI is InChI=1S/C19H12ClN3O2S/c20-15-8-11(3-5-13(15)18(25)17-2-1-7-26-17)23-19-14-9-12(24)4-6-16(14)21-10-22-19/h1-10,24H,(H,21,22,23). The molecule has 4 aromatic rings. The molecule has 0 atom stereocenters. The summed E-state index contributed by atoms with van der Waals surface area (Å²) in [5.41, 5.74) is 1.84. The van der Waals surface area contributed by atoms with E-state index in [9.17, 15) is 9.90 Å². The van der Waals surface area contributed by atoms with Gasteiger partial charge in [0.15, 0.2) is 0 Å². The van der Waals surface area contributed by atoms with Crippen LogP contribution in [0.15, 0.2) is 60.2 Å². The molecule has 0 unspecified atom stereocenters.